The lowest BCUT2D eigenvalue weighted by Gasteiger charge is -2.30. The van der Waals surface area contributed by atoms with Crippen LogP contribution in [0.4, 0.5) is 5.69 Å². The fraction of sp³-hybridized carbons (Fsp3) is 0.294. The molecule has 0 aliphatic heterocycles. The predicted octanol–water partition coefficient (Wildman–Crippen LogP) is 6.38. The van der Waals surface area contributed by atoms with Crippen molar-refractivity contribution in [1.29, 1.82) is 0 Å². The Kier molecular flexibility index (Phi) is 3.85. The molecule has 110 valence electrons. The minimum absolute atomic E-state index is 0.0932. The third kappa shape index (κ3) is 2.75. The summed E-state index contributed by atoms with van der Waals surface area (Å²) in [6, 6.07) is 12.1. The van der Waals surface area contributed by atoms with Gasteiger partial charge in [0.05, 0.1) is 21.8 Å². The second-order valence-corrected chi connectivity index (χ2v) is 7.44. The topological polar surface area (TPSA) is 12.0 Å². The van der Waals surface area contributed by atoms with Crippen molar-refractivity contribution in [2.24, 2.45) is 5.41 Å². The molecule has 1 aliphatic carbocycles. The van der Waals surface area contributed by atoms with Crippen LogP contribution < -0.4 is 5.32 Å². The summed E-state index contributed by atoms with van der Waals surface area (Å²) in [4.78, 5) is 0. The molecule has 0 heterocycles. The first-order valence-electron chi connectivity index (χ1n) is 6.87. The van der Waals surface area contributed by atoms with E-state index in [1.807, 2.05) is 0 Å². The van der Waals surface area contributed by atoms with Gasteiger partial charge in [0.25, 0.3) is 0 Å². The largest absolute Gasteiger partial charge is 0.375 e. The molecule has 0 fully saturated rings. The van der Waals surface area contributed by atoms with Crippen molar-refractivity contribution in [3.63, 3.8) is 0 Å². The summed E-state index contributed by atoms with van der Waals surface area (Å²) in [5, 5.41) is 5.17. The fourth-order valence-electron chi connectivity index (χ4n) is 3.09. The molecular weight excluding hydrogens is 325 g/mol. The molecule has 2 aromatic carbocycles. The van der Waals surface area contributed by atoms with E-state index in [-0.39, 0.29) is 11.5 Å². The van der Waals surface area contributed by atoms with E-state index in [1.54, 1.807) is 12.1 Å². The van der Waals surface area contributed by atoms with Gasteiger partial charge in [-0.2, -0.15) is 0 Å². The maximum atomic E-state index is 6.30. The van der Waals surface area contributed by atoms with Gasteiger partial charge in [0.15, 0.2) is 0 Å². The van der Waals surface area contributed by atoms with Crippen LogP contribution in [0.1, 0.15) is 31.0 Å². The van der Waals surface area contributed by atoms with E-state index in [1.165, 1.54) is 11.1 Å². The molecule has 0 radical (unpaired) electrons. The predicted molar refractivity (Wildman–Crippen MR) is 91.8 cm³/mol. The van der Waals surface area contributed by atoms with Crippen molar-refractivity contribution in [2.45, 2.75) is 26.3 Å². The van der Waals surface area contributed by atoms with Gasteiger partial charge < -0.3 is 5.32 Å². The Morgan fingerprint density at radius 2 is 1.67 bits per heavy atom. The number of benzene rings is 2. The minimum atomic E-state index is 0.0932. The van der Waals surface area contributed by atoms with Crippen LogP contribution in [0.5, 0.6) is 0 Å². The van der Waals surface area contributed by atoms with Crippen molar-refractivity contribution in [1.82, 2.24) is 0 Å². The smallest absolute Gasteiger partial charge is 0.0725 e. The zero-order valence-electron chi connectivity index (χ0n) is 11.9. The van der Waals surface area contributed by atoms with E-state index in [4.69, 9.17) is 34.8 Å². The summed E-state index contributed by atoms with van der Waals surface area (Å²) in [5.74, 6) is 0. The van der Waals surface area contributed by atoms with E-state index in [2.05, 4.69) is 43.4 Å². The highest BCUT2D eigenvalue weighted by Crippen LogP contribution is 2.48. The van der Waals surface area contributed by atoms with Crippen LogP contribution in [0.25, 0.3) is 0 Å². The van der Waals surface area contributed by atoms with Crippen molar-refractivity contribution in [2.75, 3.05) is 5.32 Å². The summed E-state index contributed by atoms with van der Waals surface area (Å²) in [6.45, 7) is 4.50. The molecule has 1 atom stereocenters. The van der Waals surface area contributed by atoms with Crippen LogP contribution in [0.15, 0.2) is 36.4 Å². The quantitative estimate of drug-likeness (QED) is 0.668. The molecule has 4 heteroatoms. The van der Waals surface area contributed by atoms with Gasteiger partial charge in [-0.05, 0) is 35.1 Å². The van der Waals surface area contributed by atoms with Crippen LogP contribution in [0.2, 0.25) is 15.1 Å². The number of hydrogen-bond acceptors (Lipinski definition) is 1. The van der Waals surface area contributed by atoms with Gasteiger partial charge >= 0.3 is 0 Å². The summed E-state index contributed by atoms with van der Waals surface area (Å²) in [7, 11) is 0. The van der Waals surface area contributed by atoms with Gasteiger partial charge in [0.1, 0.15) is 0 Å². The lowest BCUT2D eigenvalue weighted by Crippen LogP contribution is -2.24. The molecule has 0 spiro atoms. The van der Waals surface area contributed by atoms with Crippen LogP contribution >= 0.6 is 34.8 Å². The number of rotatable bonds is 2. The van der Waals surface area contributed by atoms with Crippen LogP contribution in [0, 0.1) is 5.41 Å². The van der Waals surface area contributed by atoms with Crippen molar-refractivity contribution >= 4 is 40.5 Å². The summed E-state index contributed by atoms with van der Waals surface area (Å²) < 4.78 is 0. The SMILES string of the molecule is CC1(C)Cc2ccccc2C1Nc1c(Cl)cc(Cl)cc1Cl. The Bertz CT molecular complexity index is 671. The molecule has 2 aromatic rings. The van der Waals surface area contributed by atoms with E-state index >= 15 is 0 Å². The molecule has 1 aliphatic rings. The minimum Gasteiger partial charge on any atom is -0.375 e. The van der Waals surface area contributed by atoms with Gasteiger partial charge in [-0.3, -0.25) is 0 Å². The average Bonchev–Trinajstić information content (AvgIpc) is 2.63. The van der Waals surface area contributed by atoms with Crippen LogP contribution in [0.3, 0.4) is 0 Å². The molecule has 1 unspecified atom stereocenters. The molecule has 0 amide bonds. The monoisotopic (exact) mass is 339 g/mol. The first kappa shape index (κ1) is 15.0. The third-order valence-corrected chi connectivity index (χ3v) is 4.90. The Balaban J connectivity index is 2.02. The lowest BCUT2D eigenvalue weighted by atomic mass is 9.85. The Morgan fingerprint density at radius 3 is 2.33 bits per heavy atom. The molecule has 0 bridgehead atoms. The number of hydrogen-bond donors (Lipinski definition) is 1. The molecule has 0 saturated carbocycles. The first-order chi connectivity index (χ1) is 9.88. The third-order valence-electron chi connectivity index (χ3n) is 4.09. The highest BCUT2D eigenvalue weighted by Gasteiger charge is 2.39. The summed E-state index contributed by atoms with van der Waals surface area (Å²) >= 11 is 18.6. The number of nitrogens with one attached hydrogen (secondary N) is 1. The molecule has 3 rings (SSSR count). The maximum Gasteiger partial charge on any atom is 0.0725 e. The van der Waals surface area contributed by atoms with Gasteiger partial charge in [0, 0.05) is 5.02 Å². The molecule has 0 saturated heterocycles. The maximum absolute atomic E-state index is 6.30. The zero-order chi connectivity index (χ0) is 15.2. The highest BCUT2D eigenvalue weighted by molar-refractivity contribution is 6.41. The van der Waals surface area contributed by atoms with Crippen LogP contribution in [-0.2, 0) is 6.42 Å². The molecular formula is C17H16Cl3N. The van der Waals surface area contributed by atoms with E-state index in [0.717, 1.165) is 12.1 Å². The first-order valence-corrected chi connectivity index (χ1v) is 8.01. The Hall–Kier alpha value is -0.890. The van der Waals surface area contributed by atoms with Gasteiger partial charge in [-0.1, -0.05) is 72.9 Å². The summed E-state index contributed by atoms with van der Waals surface area (Å²) in [6.07, 6.45) is 1.03. The second-order valence-electron chi connectivity index (χ2n) is 6.19. The fourth-order valence-corrected chi connectivity index (χ4v) is 4.01. The van der Waals surface area contributed by atoms with E-state index in [9.17, 15) is 0 Å². The standard InChI is InChI=1S/C17H16Cl3N/c1-17(2)9-10-5-3-4-6-12(10)16(17)21-15-13(19)7-11(18)8-14(15)20/h3-8,16,21H,9H2,1-2H3. The molecule has 21 heavy (non-hydrogen) atoms. The van der Waals surface area contributed by atoms with Crippen molar-refractivity contribution in [3.05, 3.63) is 62.6 Å². The number of halogens is 3. The summed E-state index contributed by atoms with van der Waals surface area (Å²) in [5.41, 5.74) is 3.53. The van der Waals surface area contributed by atoms with E-state index in [0.29, 0.717) is 15.1 Å². The average molecular weight is 341 g/mol. The highest BCUT2D eigenvalue weighted by atomic mass is 35.5. The van der Waals surface area contributed by atoms with E-state index < -0.39 is 0 Å². The molecule has 0 aromatic heterocycles. The Morgan fingerprint density at radius 1 is 1.05 bits per heavy atom. The van der Waals surface area contributed by atoms with Gasteiger partial charge in [-0.15, -0.1) is 0 Å². The van der Waals surface area contributed by atoms with Gasteiger partial charge in [-0.25, -0.2) is 0 Å². The lowest BCUT2D eigenvalue weighted by molar-refractivity contribution is 0.337. The molecule has 1 N–H and O–H groups in total. The van der Waals surface area contributed by atoms with Gasteiger partial charge in [0.2, 0.25) is 0 Å². The van der Waals surface area contributed by atoms with Crippen molar-refractivity contribution < 1.29 is 0 Å². The van der Waals surface area contributed by atoms with Crippen molar-refractivity contribution in [3.8, 4) is 0 Å². The number of anilines is 1. The Labute approximate surface area is 140 Å². The normalized spacial score (nSPS) is 19.4. The zero-order valence-corrected chi connectivity index (χ0v) is 14.2. The molecule has 1 nitrogen and oxygen atoms in total. The number of fused-ring (bicyclic) bond motifs is 1. The van der Waals surface area contributed by atoms with Crippen LogP contribution in [-0.4, -0.2) is 0 Å². The second kappa shape index (κ2) is 5.39.